The number of hydrogen-bond acceptors (Lipinski definition) is 4. The normalized spacial score (nSPS) is 9.94. The Bertz CT molecular complexity index is 571. The van der Waals surface area contributed by atoms with Gasteiger partial charge in [0.1, 0.15) is 23.3 Å². The van der Waals surface area contributed by atoms with Crippen molar-refractivity contribution in [2.45, 2.75) is 13.5 Å². The molecule has 86 valence electrons. The SMILES string of the molecule is Cc1cc(CNc2ccc(F)cc2C#N)no1. The number of nitrogens with one attached hydrogen (secondary N) is 1. The summed E-state index contributed by atoms with van der Waals surface area (Å²) in [6.45, 7) is 2.23. The van der Waals surface area contributed by atoms with Gasteiger partial charge in [-0.1, -0.05) is 5.16 Å². The zero-order valence-corrected chi connectivity index (χ0v) is 9.20. The Balaban J connectivity index is 2.12. The topological polar surface area (TPSA) is 61.9 Å². The number of rotatable bonds is 3. The maximum Gasteiger partial charge on any atom is 0.133 e. The van der Waals surface area contributed by atoms with Crippen LogP contribution in [0.25, 0.3) is 0 Å². The quantitative estimate of drug-likeness (QED) is 0.881. The van der Waals surface area contributed by atoms with Crippen LogP contribution >= 0.6 is 0 Å². The zero-order chi connectivity index (χ0) is 12.3. The van der Waals surface area contributed by atoms with E-state index in [1.54, 1.807) is 13.0 Å². The lowest BCUT2D eigenvalue weighted by molar-refractivity contribution is 0.391. The summed E-state index contributed by atoms with van der Waals surface area (Å²) in [5.74, 6) is 0.297. The van der Waals surface area contributed by atoms with E-state index in [-0.39, 0.29) is 5.56 Å². The Morgan fingerprint density at radius 1 is 1.47 bits per heavy atom. The van der Waals surface area contributed by atoms with Crippen LogP contribution in [0.15, 0.2) is 28.8 Å². The van der Waals surface area contributed by atoms with Crippen molar-refractivity contribution >= 4 is 5.69 Å². The number of anilines is 1. The highest BCUT2D eigenvalue weighted by molar-refractivity contribution is 5.57. The first-order valence-electron chi connectivity index (χ1n) is 5.05. The van der Waals surface area contributed by atoms with Crippen LogP contribution in [0.4, 0.5) is 10.1 Å². The lowest BCUT2D eigenvalue weighted by Crippen LogP contribution is -2.01. The minimum atomic E-state index is -0.426. The Kier molecular flexibility index (Phi) is 3.06. The molecule has 0 fully saturated rings. The Labute approximate surface area is 97.7 Å². The summed E-state index contributed by atoms with van der Waals surface area (Å²) in [5.41, 5.74) is 1.58. The Morgan fingerprint density at radius 3 is 2.94 bits per heavy atom. The van der Waals surface area contributed by atoms with Crippen molar-refractivity contribution in [2.24, 2.45) is 0 Å². The average Bonchev–Trinajstić information content (AvgIpc) is 2.73. The monoisotopic (exact) mass is 231 g/mol. The van der Waals surface area contributed by atoms with E-state index in [2.05, 4.69) is 10.5 Å². The van der Waals surface area contributed by atoms with E-state index in [0.717, 1.165) is 11.5 Å². The van der Waals surface area contributed by atoms with Gasteiger partial charge in [-0.25, -0.2) is 4.39 Å². The van der Waals surface area contributed by atoms with Crippen molar-refractivity contribution in [3.8, 4) is 6.07 Å². The standard InChI is InChI=1S/C12H10FN3O/c1-8-4-11(16-17-8)7-15-12-3-2-10(13)5-9(12)6-14/h2-5,15H,7H2,1H3. The highest BCUT2D eigenvalue weighted by atomic mass is 19.1. The van der Waals surface area contributed by atoms with Crippen LogP contribution in [0.1, 0.15) is 17.0 Å². The fourth-order valence-electron chi connectivity index (χ4n) is 1.45. The van der Waals surface area contributed by atoms with Crippen LogP contribution in [-0.4, -0.2) is 5.16 Å². The van der Waals surface area contributed by atoms with Gasteiger partial charge in [0, 0.05) is 6.07 Å². The van der Waals surface area contributed by atoms with E-state index >= 15 is 0 Å². The van der Waals surface area contributed by atoms with Crippen LogP contribution < -0.4 is 5.32 Å². The third-order valence-corrected chi connectivity index (χ3v) is 2.24. The van der Waals surface area contributed by atoms with Crippen molar-refractivity contribution in [1.29, 1.82) is 5.26 Å². The van der Waals surface area contributed by atoms with Gasteiger partial charge < -0.3 is 9.84 Å². The number of nitrogens with zero attached hydrogens (tertiary/aromatic N) is 2. The molecule has 1 aromatic carbocycles. The van der Waals surface area contributed by atoms with Gasteiger partial charge >= 0.3 is 0 Å². The van der Waals surface area contributed by atoms with E-state index in [1.807, 2.05) is 6.07 Å². The summed E-state index contributed by atoms with van der Waals surface area (Å²) in [6.07, 6.45) is 0. The third-order valence-electron chi connectivity index (χ3n) is 2.24. The molecule has 1 N–H and O–H groups in total. The van der Waals surface area contributed by atoms with Crippen LogP contribution in [-0.2, 0) is 6.54 Å². The number of halogens is 1. The first-order valence-corrected chi connectivity index (χ1v) is 5.05. The molecular formula is C12H10FN3O. The molecule has 17 heavy (non-hydrogen) atoms. The number of aromatic nitrogens is 1. The summed E-state index contributed by atoms with van der Waals surface area (Å²) >= 11 is 0. The second kappa shape index (κ2) is 4.66. The van der Waals surface area contributed by atoms with Crippen molar-refractivity contribution in [3.05, 3.63) is 47.1 Å². The molecule has 0 radical (unpaired) electrons. The first kappa shape index (κ1) is 11.1. The highest BCUT2D eigenvalue weighted by Crippen LogP contribution is 2.16. The van der Waals surface area contributed by atoms with E-state index in [4.69, 9.17) is 9.78 Å². The molecule has 0 saturated heterocycles. The summed E-state index contributed by atoms with van der Waals surface area (Å²) in [6, 6.07) is 7.75. The van der Waals surface area contributed by atoms with Crippen molar-refractivity contribution in [3.63, 3.8) is 0 Å². The molecule has 0 spiro atoms. The average molecular weight is 231 g/mol. The van der Waals surface area contributed by atoms with Gasteiger partial charge in [-0.3, -0.25) is 0 Å². The number of hydrogen-bond donors (Lipinski definition) is 1. The molecule has 1 aromatic heterocycles. The predicted molar refractivity (Wildman–Crippen MR) is 59.7 cm³/mol. The lowest BCUT2D eigenvalue weighted by Gasteiger charge is -2.05. The van der Waals surface area contributed by atoms with Gasteiger partial charge in [-0.15, -0.1) is 0 Å². The molecule has 0 aliphatic carbocycles. The van der Waals surface area contributed by atoms with E-state index in [1.165, 1.54) is 18.2 Å². The molecule has 0 bridgehead atoms. The molecular weight excluding hydrogens is 221 g/mol. The summed E-state index contributed by atoms with van der Waals surface area (Å²) in [4.78, 5) is 0. The molecule has 0 aliphatic rings. The molecule has 1 heterocycles. The number of benzene rings is 1. The maximum atomic E-state index is 12.9. The highest BCUT2D eigenvalue weighted by Gasteiger charge is 2.05. The van der Waals surface area contributed by atoms with Gasteiger partial charge in [0.2, 0.25) is 0 Å². The summed E-state index contributed by atoms with van der Waals surface area (Å²) < 4.78 is 17.8. The van der Waals surface area contributed by atoms with Crippen LogP contribution in [0.5, 0.6) is 0 Å². The Morgan fingerprint density at radius 2 is 2.29 bits per heavy atom. The van der Waals surface area contributed by atoms with Crippen molar-refractivity contribution in [2.75, 3.05) is 5.32 Å². The largest absolute Gasteiger partial charge is 0.378 e. The van der Waals surface area contributed by atoms with Crippen molar-refractivity contribution in [1.82, 2.24) is 5.16 Å². The van der Waals surface area contributed by atoms with Gasteiger partial charge in [-0.2, -0.15) is 5.26 Å². The molecule has 0 amide bonds. The summed E-state index contributed by atoms with van der Waals surface area (Å²) in [7, 11) is 0. The minimum absolute atomic E-state index is 0.269. The minimum Gasteiger partial charge on any atom is -0.378 e. The fraction of sp³-hybridized carbons (Fsp3) is 0.167. The van der Waals surface area contributed by atoms with E-state index < -0.39 is 5.82 Å². The zero-order valence-electron chi connectivity index (χ0n) is 9.20. The van der Waals surface area contributed by atoms with Crippen LogP contribution in [0, 0.1) is 24.1 Å². The van der Waals surface area contributed by atoms with Gasteiger partial charge in [0.15, 0.2) is 0 Å². The lowest BCUT2D eigenvalue weighted by atomic mass is 10.2. The molecule has 0 aliphatic heterocycles. The second-order valence-electron chi connectivity index (χ2n) is 3.58. The molecule has 0 atom stereocenters. The summed E-state index contributed by atoms with van der Waals surface area (Å²) in [5, 5.41) is 15.7. The molecule has 5 heteroatoms. The molecule has 2 rings (SSSR count). The molecule has 0 saturated carbocycles. The van der Waals surface area contributed by atoms with E-state index in [9.17, 15) is 4.39 Å². The first-order chi connectivity index (χ1) is 8.19. The molecule has 2 aromatic rings. The van der Waals surface area contributed by atoms with Gasteiger partial charge in [0.25, 0.3) is 0 Å². The Hall–Kier alpha value is -2.35. The third kappa shape index (κ3) is 2.61. The van der Waals surface area contributed by atoms with Crippen LogP contribution in [0.3, 0.4) is 0 Å². The van der Waals surface area contributed by atoms with Crippen LogP contribution in [0.2, 0.25) is 0 Å². The maximum absolute atomic E-state index is 12.9. The number of aryl methyl sites for hydroxylation is 1. The second-order valence-corrected chi connectivity index (χ2v) is 3.58. The van der Waals surface area contributed by atoms with Gasteiger partial charge in [0.05, 0.1) is 17.8 Å². The van der Waals surface area contributed by atoms with Crippen molar-refractivity contribution < 1.29 is 8.91 Å². The molecule has 0 unspecified atom stereocenters. The fourth-order valence-corrected chi connectivity index (χ4v) is 1.45. The van der Waals surface area contributed by atoms with E-state index in [0.29, 0.717) is 12.2 Å². The molecule has 4 nitrogen and oxygen atoms in total. The number of nitriles is 1. The predicted octanol–water partition coefficient (Wildman–Crippen LogP) is 2.61. The van der Waals surface area contributed by atoms with Gasteiger partial charge in [-0.05, 0) is 25.1 Å². The smallest absolute Gasteiger partial charge is 0.133 e.